The lowest BCUT2D eigenvalue weighted by molar-refractivity contribution is -0.117. The van der Waals surface area contributed by atoms with Crippen molar-refractivity contribution in [1.29, 1.82) is 0 Å². The summed E-state index contributed by atoms with van der Waals surface area (Å²) in [5.74, 6) is 0.0679. The third-order valence-electron chi connectivity index (χ3n) is 2.81. The van der Waals surface area contributed by atoms with Crippen molar-refractivity contribution in [3.8, 4) is 0 Å². The van der Waals surface area contributed by atoms with Gasteiger partial charge < -0.3 is 15.2 Å². The second kappa shape index (κ2) is 3.93. The molecule has 86 valence electrons. The number of hydrogen-bond donors (Lipinski definition) is 2. The molecule has 5 nitrogen and oxygen atoms in total. The number of carbonyl (C=O) groups excluding carboxylic acids is 1. The molecule has 0 radical (unpaired) electrons. The number of nitrogens with one attached hydrogen (secondary N) is 2. The van der Waals surface area contributed by atoms with Gasteiger partial charge in [0.1, 0.15) is 0 Å². The van der Waals surface area contributed by atoms with E-state index in [1.54, 1.807) is 17.4 Å². The van der Waals surface area contributed by atoms with Crippen molar-refractivity contribution < 1.29 is 4.79 Å². The van der Waals surface area contributed by atoms with E-state index in [0.717, 1.165) is 17.1 Å². The van der Waals surface area contributed by atoms with Crippen LogP contribution in [0.3, 0.4) is 0 Å². The first kappa shape index (κ1) is 9.89. The molecule has 2 N–H and O–H groups in total. The molecule has 1 aromatic heterocycles. The maximum atomic E-state index is 11.9. The van der Waals surface area contributed by atoms with Gasteiger partial charge in [0.25, 0.3) is 0 Å². The largest absolute Gasteiger partial charge is 0.374 e. The zero-order valence-corrected chi connectivity index (χ0v) is 9.18. The summed E-state index contributed by atoms with van der Waals surface area (Å²) in [6.07, 6.45) is 3.35. The number of H-pyrrole nitrogens is 1. The highest BCUT2D eigenvalue weighted by Gasteiger charge is 2.23. The molecule has 2 aromatic rings. The van der Waals surface area contributed by atoms with E-state index < -0.39 is 0 Å². The first-order valence-electron chi connectivity index (χ1n) is 5.45. The number of imidazole rings is 1. The van der Waals surface area contributed by atoms with Crippen LogP contribution >= 0.6 is 0 Å². The molecule has 0 bridgehead atoms. The number of fused-ring (bicyclic) bond motifs is 1. The number of para-hydroxylation sites is 2. The molecule has 1 aliphatic heterocycles. The fourth-order valence-electron chi connectivity index (χ4n) is 1.97. The minimum Gasteiger partial charge on any atom is -0.374 e. The molecule has 0 saturated carbocycles. The third-order valence-corrected chi connectivity index (χ3v) is 2.81. The molecular formula is C12H12N4O. The van der Waals surface area contributed by atoms with Gasteiger partial charge in [-0.25, -0.2) is 4.98 Å². The van der Waals surface area contributed by atoms with Crippen molar-refractivity contribution >= 4 is 17.3 Å². The fraction of sp³-hybridized carbons (Fsp3) is 0.167. The van der Waals surface area contributed by atoms with Gasteiger partial charge in [0.2, 0.25) is 5.91 Å². The van der Waals surface area contributed by atoms with E-state index in [4.69, 9.17) is 0 Å². The van der Waals surface area contributed by atoms with Crippen LogP contribution in [0, 0.1) is 0 Å². The SMILES string of the molecule is O=C1CNc2ccccc2N1Cc1cnc[nH]1. The number of nitrogens with zero attached hydrogens (tertiary/aromatic N) is 2. The fourth-order valence-corrected chi connectivity index (χ4v) is 1.97. The minimum absolute atomic E-state index is 0.0679. The summed E-state index contributed by atoms with van der Waals surface area (Å²) in [6, 6.07) is 7.80. The predicted octanol–water partition coefficient (Wildman–Crippen LogP) is 1.37. The smallest absolute Gasteiger partial charge is 0.246 e. The van der Waals surface area contributed by atoms with Crippen LogP contribution < -0.4 is 10.2 Å². The lowest BCUT2D eigenvalue weighted by Crippen LogP contribution is -2.39. The van der Waals surface area contributed by atoms with Gasteiger partial charge in [-0.1, -0.05) is 12.1 Å². The Labute approximate surface area is 98.5 Å². The molecule has 0 fully saturated rings. The molecule has 5 heteroatoms. The van der Waals surface area contributed by atoms with Gasteiger partial charge in [0.05, 0.1) is 36.5 Å². The molecular weight excluding hydrogens is 216 g/mol. The van der Waals surface area contributed by atoms with Crippen molar-refractivity contribution in [2.45, 2.75) is 6.54 Å². The Kier molecular flexibility index (Phi) is 2.29. The van der Waals surface area contributed by atoms with E-state index in [1.165, 1.54) is 0 Å². The van der Waals surface area contributed by atoms with Gasteiger partial charge >= 0.3 is 0 Å². The second-order valence-electron chi connectivity index (χ2n) is 3.93. The highest BCUT2D eigenvalue weighted by atomic mass is 16.2. The van der Waals surface area contributed by atoms with E-state index in [2.05, 4.69) is 15.3 Å². The van der Waals surface area contributed by atoms with Crippen LogP contribution in [0.4, 0.5) is 11.4 Å². The number of carbonyl (C=O) groups is 1. The Balaban J connectivity index is 1.95. The summed E-state index contributed by atoms with van der Waals surface area (Å²) in [6.45, 7) is 0.864. The molecule has 0 saturated heterocycles. The van der Waals surface area contributed by atoms with Gasteiger partial charge in [-0.2, -0.15) is 0 Å². The number of rotatable bonds is 2. The normalized spacial score (nSPS) is 14.4. The first-order chi connectivity index (χ1) is 8.34. The minimum atomic E-state index is 0.0679. The summed E-state index contributed by atoms with van der Waals surface area (Å²) in [7, 11) is 0. The van der Waals surface area contributed by atoms with Crippen molar-refractivity contribution in [3.05, 3.63) is 42.5 Å². The number of amides is 1. The maximum absolute atomic E-state index is 11.9. The lowest BCUT2D eigenvalue weighted by Gasteiger charge is -2.29. The zero-order chi connectivity index (χ0) is 11.7. The lowest BCUT2D eigenvalue weighted by atomic mass is 10.2. The topological polar surface area (TPSA) is 61.0 Å². The Morgan fingerprint density at radius 2 is 2.24 bits per heavy atom. The third kappa shape index (κ3) is 1.75. The Morgan fingerprint density at radius 1 is 1.35 bits per heavy atom. The average Bonchev–Trinajstić information content (AvgIpc) is 2.86. The summed E-state index contributed by atoms with van der Waals surface area (Å²) in [4.78, 5) is 20.6. The van der Waals surface area contributed by atoms with Crippen LogP contribution in [0.2, 0.25) is 0 Å². The quantitative estimate of drug-likeness (QED) is 0.816. The number of anilines is 2. The summed E-state index contributed by atoms with van der Waals surface area (Å²) >= 11 is 0. The van der Waals surface area contributed by atoms with Crippen LogP contribution in [-0.2, 0) is 11.3 Å². The molecule has 0 spiro atoms. The van der Waals surface area contributed by atoms with Crippen molar-refractivity contribution in [2.75, 3.05) is 16.8 Å². The van der Waals surface area contributed by atoms with Gasteiger partial charge in [0, 0.05) is 6.20 Å². The Hall–Kier alpha value is -2.30. The van der Waals surface area contributed by atoms with Gasteiger partial charge in [-0.05, 0) is 12.1 Å². The standard InChI is InChI=1S/C12H12N4O/c17-12-6-14-10-3-1-2-4-11(10)16(12)7-9-5-13-8-15-9/h1-5,8,14H,6-7H2,(H,13,15). The van der Waals surface area contributed by atoms with E-state index in [-0.39, 0.29) is 5.91 Å². The predicted molar refractivity (Wildman–Crippen MR) is 64.7 cm³/mol. The van der Waals surface area contributed by atoms with Crippen LogP contribution in [0.5, 0.6) is 0 Å². The maximum Gasteiger partial charge on any atom is 0.246 e. The van der Waals surface area contributed by atoms with Crippen LogP contribution in [0.25, 0.3) is 0 Å². The van der Waals surface area contributed by atoms with Crippen LogP contribution in [0.15, 0.2) is 36.8 Å². The molecule has 0 unspecified atom stereocenters. The molecule has 17 heavy (non-hydrogen) atoms. The van der Waals surface area contributed by atoms with Crippen molar-refractivity contribution in [2.24, 2.45) is 0 Å². The summed E-state index contributed by atoms with van der Waals surface area (Å²) < 4.78 is 0. The average molecular weight is 228 g/mol. The van der Waals surface area contributed by atoms with Gasteiger partial charge in [-0.3, -0.25) is 4.79 Å². The number of hydrogen-bond acceptors (Lipinski definition) is 3. The highest BCUT2D eigenvalue weighted by Crippen LogP contribution is 2.29. The van der Waals surface area contributed by atoms with Gasteiger partial charge in [-0.15, -0.1) is 0 Å². The molecule has 0 atom stereocenters. The number of benzene rings is 1. The number of aromatic nitrogens is 2. The Bertz CT molecular complexity index is 535. The summed E-state index contributed by atoms with van der Waals surface area (Å²) in [5, 5.41) is 3.10. The van der Waals surface area contributed by atoms with Crippen molar-refractivity contribution in [3.63, 3.8) is 0 Å². The van der Waals surface area contributed by atoms with E-state index >= 15 is 0 Å². The molecule has 3 rings (SSSR count). The van der Waals surface area contributed by atoms with Gasteiger partial charge in [0.15, 0.2) is 0 Å². The highest BCUT2D eigenvalue weighted by molar-refractivity contribution is 6.02. The van der Waals surface area contributed by atoms with Crippen LogP contribution in [-0.4, -0.2) is 22.4 Å². The first-order valence-corrected chi connectivity index (χ1v) is 5.45. The molecule has 0 aliphatic carbocycles. The van der Waals surface area contributed by atoms with Crippen molar-refractivity contribution in [1.82, 2.24) is 9.97 Å². The second-order valence-corrected chi connectivity index (χ2v) is 3.93. The van der Waals surface area contributed by atoms with E-state index in [9.17, 15) is 4.79 Å². The number of aromatic amines is 1. The molecule has 2 heterocycles. The molecule has 1 aliphatic rings. The van der Waals surface area contributed by atoms with E-state index in [1.807, 2.05) is 24.3 Å². The molecule has 1 aromatic carbocycles. The monoisotopic (exact) mass is 228 g/mol. The van der Waals surface area contributed by atoms with Crippen LogP contribution in [0.1, 0.15) is 5.69 Å². The zero-order valence-electron chi connectivity index (χ0n) is 9.18. The Morgan fingerprint density at radius 3 is 3.06 bits per heavy atom. The van der Waals surface area contributed by atoms with E-state index in [0.29, 0.717) is 13.1 Å². The summed E-state index contributed by atoms with van der Waals surface area (Å²) in [5.41, 5.74) is 2.83. The molecule has 1 amide bonds.